The summed E-state index contributed by atoms with van der Waals surface area (Å²) in [6.07, 6.45) is 0. The molecule has 0 aliphatic carbocycles. The molecule has 0 spiro atoms. The van der Waals surface area contributed by atoms with Crippen LogP contribution >= 0.6 is 0 Å². The fourth-order valence-electron chi connectivity index (χ4n) is 2.98. The highest BCUT2D eigenvalue weighted by atomic mass is 16.5. The smallest absolute Gasteiger partial charge is 0.134 e. The fraction of sp³-hybridized carbons (Fsp3) is 0.304. The summed E-state index contributed by atoms with van der Waals surface area (Å²) in [6, 6.07) is 20.0. The lowest BCUT2D eigenvalue weighted by Gasteiger charge is -2.23. The summed E-state index contributed by atoms with van der Waals surface area (Å²) in [7, 11) is 1.65. The molecule has 6 nitrogen and oxygen atoms in total. The molecule has 1 heterocycles. The molecular formula is C23H28N4O2. The Kier molecular flexibility index (Phi) is 7.28. The van der Waals surface area contributed by atoms with Crippen molar-refractivity contribution in [3.05, 3.63) is 72.1 Å². The number of nitrogens with zero attached hydrogens (tertiary/aromatic N) is 3. The van der Waals surface area contributed by atoms with Gasteiger partial charge in [0, 0.05) is 19.2 Å². The number of methoxy groups -OCH3 is 1. The summed E-state index contributed by atoms with van der Waals surface area (Å²) >= 11 is 0. The van der Waals surface area contributed by atoms with Crippen LogP contribution in [-0.4, -0.2) is 36.8 Å². The molecule has 3 rings (SSSR count). The molecule has 0 saturated carbocycles. The van der Waals surface area contributed by atoms with Crippen LogP contribution in [0.4, 0.5) is 11.6 Å². The number of rotatable bonds is 10. The summed E-state index contributed by atoms with van der Waals surface area (Å²) in [5, 5.41) is 3.33. The van der Waals surface area contributed by atoms with Crippen molar-refractivity contribution in [2.45, 2.75) is 20.4 Å². The third-order valence-corrected chi connectivity index (χ3v) is 4.48. The predicted octanol–water partition coefficient (Wildman–Crippen LogP) is 4.31. The zero-order valence-electron chi connectivity index (χ0n) is 17.3. The highest BCUT2D eigenvalue weighted by molar-refractivity contribution is 5.49. The van der Waals surface area contributed by atoms with Crippen LogP contribution in [0.5, 0.6) is 11.5 Å². The second-order valence-electron chi connectivity index (χ2n) is 6.61. The molecule has 0 amide bonds. The van der Waals surface area contributed by atoms with Crippen LogP contribution in [0.25, 0.3) is 0 Å². The Bertz CT molecular complexity index is 885. The van der Waals surface area contributed by atoms with E-state index in [-0.39, 0.29) is 0 Å². The Morgan fingerprint density at radius 2 is 1.69 bits per heavy atom. The number of ether oxygens (including phenoxy) is 2. The number of hydrogen-bond donors (Lipinski definition) is 1. The first-order valence-corrected chi connectivity index (χ1v) is 9.83. The van der Waals surface area contributed by atoms with Crippen LogP contribution < -0.4 is 19.7 Å². The molecule has 29 heavy (non-hydrogen) atoms. The predicted molar refractivity (Wildman–Crippen MR) is 117 cm³/mol. The van der Waals surface area contributed by atoms with Gasteiger partial charge >= 0.3 is 0 Å². The molecule has 6 heteroatoms. The maximum Gasteiger partial charge on any atom is 0.134 e. The molecule has 1 N–H and O–H groups in total. The highest BCUT2D eigenvalue weighted by Crippen LogP contribution is 2.19. The Morgan fingerprint density at radius 1 is 0.966 bits per heavy atom. The lowest BCUT2D eigenvalue weighted by atomic mass is 10.2. The molecule has 2 aromatic carbocycles. The van der Waals surface area contributed by atoms with Gasteiger partial charge in [-0.25, -0.2) is 9.97 Å². The lowest BCUT2D eigenvalue weighted by molar-refractivity contribution is 0.331. The Morgan fingerprint density at radius 3 is 2.38 bits per heavy atom. The van der Waals surface area contributed by atoms with Crippen molar-refractivity contribution < 1.29 is 9.47 Å². The molecule has 0 bridgehead atoms. The summed E-state index contributed by atoms with van der Waals surface area (Å²) in [5.74, 6) is 4.09. The van der Waals surface area contributed by atoms with E-state index in [1.807, 2.05) is 43.3 Å². The first kappa shape index (κ1) is 20.5. The van der Waals surface area contributed by atoms with E-state index in [1.165, 1.54) is 5.56 Å². The lowest BCUT2D eigenvalue weighted by Crippen LogP contribution is -2.24. The van der Waals surface area contributed by atoms with Crippen LogP contribution in [-0.2, 0) is 6.54 Å². The van der Waals surface area contributed by atoms with Crippen molar-refractivity contribution in [3.8, 4) is 11.5 Å². The van der Waals surface area contributed by atoms with Crippen molar-refractivity contribution >= 4 is 11.6 Å². The summed E-state index contributed by atoms with van der Waals surface area (Å²) in [6.45, 7) is 6.91. The second-order valence-corrected chi connectivity index (χ2v) is 6.61. The van der Waals surface area contributed by atoms with Gasteiger partial charge < -0.3 is 19.7 Å². The van der Waals surface area contributed by atoms with E-state index in [4.69, 9.17) is 9.47 Å². The summed E-state index contributed by atoms with van der Waals surface area (Å²) in [5.41, 5.74) is 1.26. The van der Waals surface area contributed by atoms with Crippen LogP contribution in [0, 0.1) is 6.92 Å². The second kappa shape index (κ2) is 10.3. The van der Waals surface area contributed by atoms with Gasteiger partial charge in [0.25, 0.3) is 0 Å². The molecular weight excluding hydrogens is 364 g/mol. The number of aromatic nitrogens is 2. The minimum absolute atomic E-state index is 0.534. The van der Waals surface area contributed by atoms with Crippen molar-refractivity contribution in [3.63, 3.8) is 0 Å². The topological polar surface area (TPSA) is 59.5 Å². The van der Waals surface area contributed by atoms with E-state index < -0.39 is 0 Å². The molecule has 0 atom stereocenters. The van der Waals surface area contributed by atoms with Crippen molar-refractivity contribution in [2.75, 3.05) is 37.0 Å². The van der Waals surface area contributed by atoms with Gasteiger partial charge in [0.15, 0.2) is 0 Å². The van der Waals surface area contributed by atoms with E-state index >= 15 is 0 Å². The monoisotopic (exact) mass is 392 g/mol. The van der Waals surface area contributed by atoms with E-state index in [1.54, 1.807) is 7.11 Å². The zero-order chi connectivity index (χ0) is 20.5. The molecule has 1 aromatic heterocycles. The first-order valence-electron chi connectivity index (χ1n) is 9.83. The Labute approximate surface area is 172 Å². The minimum Gasteiger partial charge on any atom is -0.497 e. The van der Waals surface area contributed by atoms with Gasteiger partial charge in [0.05, 0.1) is 13.7 Å². The number of hydrogen-bond acceptors (Lipinski definition) is 6. The summed E-state index contributed by atoms with van der Waals surface area (Å²) in [4.78, 5) is 11.4. The van der Waals surface area contributed by atoms with Crippen molar-refractivity contribution in [1.82, 2.24) is 9.97 Å². The molecule has 152 valence electrons. The number of benzene rings is 2. The fourth-order valence-corrected chi connectivity index (χ4v) is 2.98. The maximum absolute atomic E-state index is 5.76. The summed E-state index contributed by atoms with van der Waals surface area (Å²) < 4.78 is 10.9. The van der Waals surface area contributed by atoms with Gasteiger partial charge in [-0.15, -0.1) is 0 Å². The molecule has 0 fully saturated rings. The van der Waals surface area contributed by atoms with Gasteiger partial charge in [-0.05, 0) is 43.7 Å². The molecule has 0 saturated heterocycles. The van der Waals surface area contributed by atoms with Crippen LogP contribution in [0.15, 0.2) is 60.7 Å². The molecule has 0 aliphatic rings. The van der Waals surface area contributed by atoms with Gasteiger partial charge in [0.2, 0.25) is 0 Å². The third-order valence-electron chi connectivity index (χ3n) is 4.48. The minimum atomic E-state index is 0.534. The van der Waals surface area contributed by atoms with Crippen LogP contribution in [0.3, 0.4) is 0 Å². The molecule has 0 aliphatic heterocycles. The number of aryl methyl sites for hydroxylation is 1. The largest absolute Gasteiger partial charge is 0.497 e. The third kappa shape index (κ3) is 6.10. The maximum atomic E-state index is 5.76. The average Bonchev–Trinajstić information content (AvgIpc) is 2.76. The first-order chi connectivity index (χ1) is 14.2. The van der Waals surface area contributed by atoms with Crippen molar-refractivity contribution in [1.29, 1.82) is 0 Å². The highest BCUT2D eigenvalue weighted by Gasteiger charge is 2.10. The normalized spacial score (nSPS) is 10.4. The van der Waals surface area contributed by atoms with Crippen molar-refractivity contribution in [2.24, 2.45) is 0 Å². The van der Waals surface area contributed by atoms with Gasteiger partial charge in [0.1, 0.15) is 35.6 Å². The zero-order valence-corrected chi connectivity index (χ0v) is 17.3. The number of anilines is 2. The van der Waals surface area contributed by atoms with Gasteiger partial charge in [-0.3, -0.25) is 0 Å². The molecule has 3 aromatic rings. The Balaban J connectivity index is 1.57. The molecule has 0 unspecified atom stereocenters. The van der Waals surface area contributed by atoms with Gasteiger partial charge in [-0.1, -0.05) is 30.3 Å². The van der Waals surface area contributed by atoms with Gasteiger partial charge in [-0.2, -0.15) is 0 Å². The number of nitrogens with one attached hydrogen (secondary N) is 1. The van der Waals surface area contributed by atoms with E-state index in [0.717, 1.165) is 42.0 Å². The quantitative estimate of drug-likeness (QED) is 0.519. The Hall–Kier alpha value is -3.28. The van der Waals surface area contributed by atoms with Crippen LogP contribution in [0.2, 0.25) is 0 Å². The molecule has 0 radical (unpaired) electrons. The average molecular weight is 393 g/mol. The van der Waals surface area contributed by atoms with E-state index in [9.17, 15) is 0 Å². The van der Waals surface area contributed by atoms with E-state index in [0.29, 0.717) is 13.2 Å². The van der Waals surface area contributed by atoms with Crippen LogP contribution in [0.1, 0.15) is 18.3 Å². The SMILES string of the molecule is CCN(Cc1ccccc1)c1cc(NCCOc2ccc(OC)cc2)nc(C)n1. The van der Waals surface area contributed by atoms with E-state index in [2.05, 4.69) is 51.4 Å². The standard InChI is InChI=1S/C23H28N4O2/c1-4-27(17-19-8-6-5-7-9-19)23-16-22(25-18(2)26-23)24-14-15-29-21-12-10-20(28-3)11-13-21/h5-13,16H,4,14-15,17H2,1-3H3,(H,24,25,26).